The molecule has 0 saturated heterocycles. The third-order valence-corrected chi connectivity index (χ3v) is 3.74. The number of benzene rings is 1. The molecule has 3 heteroatoms. The highest BCUT2D eigenvalue weighted by Gasteiger charge is 2.20. The molecule has 3 nitrogen and oxygen atoms in total. The van der Waals surface area contributed by atoms with Crippen LogP contribution in [0.15, 0.2) is 18.2 Å². The predicted octanol–water partition coefficient (Wildman–Crippen LogP) is 3.83. The van der Waals surface area contributed by atoms with Crippen molar-refractivity contribution >= 4 is 0 Å². The van der Waals surface area contributed by atoms with Gasteiger partial charge < -0.3 is 14.8 Å². The molecule has 0 aromatic heterocycles. The zero-order valence-electron chi connectivity index (χ0n) is 13.9. The maximum Gasteiger partial charge on any atom is 0.122 e. The predicted molar refractivity (Wildman–Crippen MR) is 84.9 cm³/mol. The number of hydrogen-bond acceptors (Lipinski definition) is 3. The molecule has 0 aliphatic heterocycles. The van der Waals surface area contributed by atoms with Crippen LogP contribution in [-0.2, 0) is 0 Å². The van der Waals surface area contributed by atoms with Crippen LogP contribution >= 0.6 is 0 Å². The first-order chi connectivity index (χ1) is 9.28. The minimum atomic E-state index is 0.145. The van der Waals surface area contributed by atoms with Crippen molar-refractivity contribution in [1.82, 2.24) is 5.32 Å². The lowest BCUT2D eigenvalue weighted by Crippen LogP contribution is -2.39. The smallest absolute Gasteiger partial charge is 0.122 e. The second kappa shape index (κ2) is 6.98. The number of nitrogens with one attached hydrogen (secondary N) is 1. The average molecular weight is 279 g/mol. The fourth-order valence-corrected chi connectivity index (χ4v) is 2.15. The topological polar surface area (TPSA) is 30.5 Å². The van der Waals surface area contributed by atoms with Gasteiger partial charge in [0.1, 0.15) is 11.5 Å². The van der Waals surface area contributed by atoms with Crippen molar-refractivity contribution in [3.8, 4) is 11.5 Å². The van der Waals surface area contributed by atoms with Crippen molar-refractivity contribution in [3.63, 3.8) is 0 Å². The first-order valence-electron chi connectivity index (χ1n) is 7.25. The molecule has 114 valence electrons. The monoisotopic (exact) mass is 279 g/mol. The molecule has 1 N–H and O–H groups in total. The van der Waals surface area contributed by atoms with Gasteiger partial charge in [-0.1, -0.05) is 13.8 Å². The molecule has 1 rings (SSSR count). The molecule has 0 amide bonds. The summed E-state index contributed by atoms with van der Waals surface area (Å²) in [7, 11) is 3.41. The van der Waals surface area contributed by atoms with E-state index in [0.29, 0.717) is 11.8 Å². The Balaban J connectivity index is 2.86. The van der Waals surface area contributed by atoms with Gasteiger partial charge in [-0.05, 0) is 57.4 Å². The van der Waals surface area contributed by atoms with E-state index >= 15 is 0 Å². The summed E-state index contributed by atoms with van der Waals surface area (Å²) in [5.74, 6) is 2.72. The van der Waals surface area contributed by atoms with Gasteiger partial charge in [0.2, 0.25) is 0 Å². The molecule has 2 atom stereocenters. The van der Waals surface area contributed by atoms with Crippen LogP contribution in [0.1, 0.15) is 46.1 Å². The van der Waals surface area contributed by atoms with Gasteiger partial charge in [0.25, 0.3) is 0 Å². The Kier molecular flexibility index (Phi) is 5.88. The van der Waals surface area contributed by atoms with E-state index in [2.05, 4.69) is 46.0 Å². The van der Waals surface area contributed by atoms with Gasteiger partial charge in [0.15, 0.2) is 0 Å². The maximum atomic E-state index is 5.49. The lowest BCUT2D eigenvalue weighted by molar-refractivity contribution is 0.348. The van der Waals surface area contributed by atoms with Crippen LogP contribution in [0.2, 0.25) is 0 Å². The van der Waals surface area contributed by atoms with Gasteiger partial charge in [-0.25, -0.2) is 0 Å². The van der Waals surface area contributed by atoms with Crippen LogP contribution in [0.5, 0.6) is 11.5 Å². The third kappa shape index (κ3) is 4.71. The van der Waals surface area contributed by atoms with Crippen molar-refractivity contribution in [2.45, 2.75) is 46.1 Å². The molecule has 2 unspecified atom stereocenters. The molecule has 0 fully saturated rings. The second-order valence-corrected chi connectivity index (χ2v) is 6.50. The minimum absolute atomic E-state index is 0.145. The molecule has 0 bridgehead atoms. The largest absolute Gasteiger partial charge is 0.497 e. The number of ether oxygens (including phenoxy) is 2. The summed E-state index contributed by atoms with van der Waals surface area (Å²) >= 11 is 0. The summed E-state index contributed by atoms with van der Waals surface area (Å²) in [5, 5.41) is 3.57. The lowest BCUT2D eigenvalue weighted by atomic mass is 9.87. The first-order valence-corrected chi connectivity index (χ1v) is 7.25. The molecular weight excluding hydrogens is 250 g/mol. The normalized spacial score (nSPS) is 14.8. The molecule has 0 radical (unpaired) electrons. The molecule has 0 aliphatic rings. The summed E-state index contributed by atoms with van der Waals surface area (Å²) < 4.78 is 10.8. The fourth-order valence-electron chi connectivity index (χ4n) is 2.15. The summed E-state index contributed by atoms with van der Waals surface area (Å²) in [6.07, 6.45) is 0. The van der Waals surface area contributed by atoms with Gasteiger partial charge in [0, 0.05) is 11.1 Å². The van der Waals surface area contributed by atoms with Gasteiger partial charge in [0.05, 0.1) is 14.2 Å². The van der Waals surface area contributed by atoms with Crippen molar-refractivity contribution in [1.29, 1.82) is 0 Å². The summed E-state index contributed by atoms with van der Waals surface area (Å²) in [6, 6.07) is 6.00. The van der Waals surface area contributed by atoms with Crippen LogP contribution in [-0.4, -0.2) is 26.3 Å². The zero-order chi connectivity index (χ0) is 15.3. The van der Waals surface area contributed by atoms with Crippen LogP contribution < -0.4 is 14.8 Å². The third-order valence-electron chi connectivity index (χ3n) is 3.74. The van der Waals surface area contributed by atoms with Crippen LogP contribution in [0.3, 0.4) is 0 Å². The first kappa shape index (κ1) is 16.8. The van der Waals surface area contributed by atoms with Crippen LogP contribution in [0, 0.1) is 5.92 Å². The second-order valence-electron chi connectivity index (χ2n) is 6.50. The molecular formula is C17H29NO2. The molecule has 1 aromatic rings. The highest BCUT2D eigenvalue weighted by Crippen LogP contribution is 2.34. The van der Waals surface area contributed by atoms with Crippen molar-refractivity contribution in [2.24, 2.45) is 5.92 Å². The number of methoxy groups -OCH3 is 2. The molecule has 0 spiro atoms. The Bertz CT molecular complexity index is 423. The van der Waals surface area contributed by atoms with Crippen molar-refractivity contribution in [2.75, 3.05) is 20.8 Å². The average Bonchev–Trinajstić information content (AvgIpc) is 2.42. The van der Waals surface area contributed by atoms with E-state index in [1.165, 1.54) is 5.56 Å². The Morgan fingerprint density at radius 2 is 1.75 bits per heavy atom. The van der Waals surface area contributed by atoms with E-state index in [-0.39, 0.29) is 5.54 Å². The zero-order valence-corrected chi connectivity index (χ0v) is 13.9. The SMILES string of the molecule is COc1ccc(OC)c(C(C)C(C)CNC(C)(C)C)c1. The Morgan fingerprint density at radius 1 is 1.10 bits per heavy atom. The summed E-state index contributed by atoms with van der Waals surface area (Å²) in [5.41, 5.74) is 1.35. The standard InChI is InChI=1S/C17H29NO2/c1-12(11-18-17(3,4)5)13(2)15-10-14(19-6)8-9-16(15)20-7/h8-10,12-13,18H,11H2,1-7H3. The Labute approximate surface area is 123 Å². The molecule has 0 heterocycles. The van der Waals surface area contributed by atoms with Crippen LogP contribution in [0.4, 0.5) is 0 Å². The number of hydrogen-bond donors (Lipinski definition) is 1. The van der Waals surface area contributed by atoms with Crippen LogP contribution in [0.25, 0.3) is 0 Å². The summed E-state index contributed by atoms with van der Waals surface area (Å²) in [4.78, 5) is 0. The highest BCUT2D eigenvalue weighted by molar-refractivity contribution is 5.42. The Hall–Kier alpha value is -1.22. The van der Waals surface area contributed by atoms with Gasteiger partial charge >= 0.3 is 0 Å². The van der Waals surface area contributed by atoms with E-state index in [4.69, 9.17) is 9.47 Å². The fraction of sp³-hybridized carbons (Fsp3) is 0.647. The number of rotatable bonds is 6. The molecule has 20 heavy (non-hydrogen) atoms. The van der Waals surface area contributed by atoms with Gasteiger partial charge in [-0.3, -0.25) is 0 Å². The van der Waals surface area contributed by atoms with E-state index in [0.717, 1.165) is 18.0 Å². The van der Waals surface area contributed by atoms with Gasteiger partial charge in [-0.15, -0.1) is 0 Å². The maximum absolute atomic E-state index is 5.49. The quantitative estimate of drug-likeness (QED) is 0.858. The van der Waals surface area contributed by atoms with Gasteiger partial charge in [-0.2, -0.15) is 0 Å². The van der Waals surface area contributed by atoms with E-state index in [1.54, 1.807) is 14.2 Å². The van der Waals surface area contributed by atoms with Crippen molar-refractivity contribution in [3.05, 3.63) is 23.8 Å². The van der Waals surface area contributed by atoms with E-state index in [1.807, 2.05) is 12.1 Å². The highest BCUT2D eigenvalue weighted by atomic mass is 16.5. The lowest BCUT2D eigenvalue weighted by Gasteiger charge is -2.27. The molecule has 0 aliphatic carbocycles. The van der Waals surface area contributed by atoms with Crippen molar-refractivity contribution < 1.29 is 9.47 Å². The Morgan fingerprint density at radius 3 is 2.25 bits per heavy atom. The van der Waals surface area contributed by atoms with E-state index in [9.17, 15) is 0 Å². The van der Waals surface area contributed by atoms with E-state index < -0.39 is 0 Å². The molecule has 1 aromatic carbocycles. The minimum Gasteiger partial charge on any atom is -0.497 e. The summed E-state index contributed by atoms with van der Waals surface area (Å²) in [6.45, 7) is 12.1. The molecule has 0 saturated carbocycles.